The number of fused-ring (bicyclic) bond motifs is 1. The number of methoxy groups -OCH3 is 1. The van der Waals surface area contributed by atoms with E-state index in [0.29, 0.717) is 40.0 Å². The highest BCUT2D eigenvalue weighted by molar-refractivity contribution is 6.08. The number of nitrogens with zero attached hydrogens (tertiary/aromatic N) is 3. The highest BCUT2D eigenvalue weighted by Gasteiger charge is 2.16. The third kappa shape index (κ3) is 3.67. The fourth-order valence-corrected chi connectivity index (χ4v) is 3.39. The Bertz CT molecular complexity index is 1380. The van der Waals surface area contributed by atoms with Gasteiger partial charge in [0, 0.05) is 18.0 Å². The Morgan fingerprint density at radius 1 is 0.875 bits per heavy atom. The van der Waals surface area contributed by atoms with Crippen LogP contribution in [0.2, 0.25) is 0 Å². The maximum Gasteiger partial charge on any atom is 0.228 e. The maximum absolute atomic E-state index is 12.8. The maximum atomic E-state index is 12.8. The largest absolute Gasteiger partial charge is 0.494 e. The summed E-state index contributed by atoms with van der Waals surface area (Å²) < 4.78 is 11.4. The van der Waals surface area contributed by atoms with E-state index in [1.165, 1.54) is 0 Å². The van der Waals surface area contributed by atoms with Gasteiger partial charge in [0.15, 0.2) is 5.82 Å². The van der Waals surface area contributed by atoms with E-state index in [1.54, 1.807) is 49.8 Å². The standard InChI is InChI=1S/C25H18N4O3/c1-31-21-9-5-14-26-22(21)18-6-4-15-27-25(18)32-17-12-10-16(11-13-17)23(30)24-28-19-7-2-3-8-20(19)29-24/h2-15H,1H3,(H,28,29). The molecule has 0 aliphatic heterocycles. The van der Waals surface area contributed by atoms with Crippen LogP contribution in [0.1, 0.15) is 16.2 Å². The van der Waals surface area contributed by atoms with Crippen molar-refractivity contribution in [3.63, 3.8) is 0 Å². The van der Waals surface area contributed by atoms with Crippen LogP contribution in [-0.2, 0) is 0 Å². The van der Waals surface area contributed by atoms with E-state index in [-0.39, 0.29) is 5.78 Å². The van der Waals surface area contributed by atoms with Gasteiger partial charge in [-0.15, -0.1) is 0 Å². The number of hydrogen-bond acceptors (Lipinski definition) is 6. The number of para-hydroxylation sites is 2. The molecule has 0 saturated heterocycles. The normalized spacial score (nSPS) is 10.8. The van der Waals surface area contributed by atoms with Crippen molar-refractivity contribution in [2.75, 3.05) is 7.11 Å². The van der Waals surface area contributed by atoms with E-state index in [4.69, 9.17) is 9.47 Å². The fraction of sp³-hybridized carbons (Fsp3) is 0.0400. The molecule has 0 spiro atoms. The zero-order chi connectivity index (χ0) is 21.9. The zero-order valence-corrected chi connectivity index (χ0v) is 17.1. The smallest absolute Gasteiger partial charge is 0.228 e. The molecule has 7 nitrogen and oxygen atoms in total. The number of aromatic nitrogens is 4. The summed E-state index contributed by atoms with van der Waals surface area (Å²) >= 11 is 0. The minimum absolute atomic E-state index is 0.190. The molecule has 32 heavy (non-hydrogen) atoms. The van der Waals surface area contributed by atoms with E-state index in [2.05, 4.69) is 19.9 Å². The van der Waals surface area contributed by atoms with Gasteiger partial charge in [0.05, 0.1) is 23.7 Å². The molecule has 0 radical (unpaired) electrons. The second-order valence-electron chi connectivity index (χ2n) is 6.97. The predicted octanol–water partition coefficient (Wildman–Crippen LogP) is 5.05. The highest BCUT2D eigenvalue weighted by Crippen LogP contribution is 2.35. The number of pyridine rings is 2. The first kappa shape index (κ1) is 19.4. The minimum atomic E-state index is -0.190. The van der Waals surface area contributed by atoms with E-state index in [0.717, 1.165) is 11.0 Å². The Labute approximate surface area is 183 Å². The number of nitrogens with one attached hydrogen (secondary N) is 1. The number of carbonyl (C=O) groups is 1. The lowest BCUT2D eigenvalue weighted by atomic mass is 10.1. The van der Waals surface area contributed by atoms with Crippen LogP contribution in [0.4, 0.5) is 0 Å². The number of hydrogen-bond donors (Lipinski definition) is 1. The molecule has 0 aliphatic carbocycles. The van der Waals surface area contributed by atoms with Crippen LogP contribution >= 0.6 is 0 Å². The molecule has 1 N–H and O–H groups in total. The molecule has 0 amide bonds. The molecule has 0 fully saturated rings. The third-order valence-corrected chi connectivity index (χ3v) is 4.95. The van der Waals surface area contributed by atoms with Crippen molar-refractivity contribution in [2.45, 2.75) is 0 Å². The lowest BCUT2D eigenvalue weighted by Crippen LogP contribution is -2.03. The summed E-state index contributed by atoms with van der Waals surface area (Å²) in [6.07, 6.45) is 3.33. The lowest BCUT2D eigenvalue weighted by Gasteiger charge is -2.12. The molecule has 0 saturated carbocycles. The van der Waals surface area contributed by atoms with E-state index in [9.17, 15) is 4.79 Å². The number of imidazole rings is 1. The minimum Gasteiger partial charge on any atom is -0.494 e. The van der Waals surface area contributed by atoms with Gasteiger partial charge in [0.25, 0.3) is 0 Å². The molecular weight excluding hydrogens is 404 g/mol. The van der Waals surface area contributed by atoms with Gasteiger partial charge in [-0.3, -0.25) is 9.78 Å². The van der Waals surface area contributed by atoms with Crippen molar-refractivity contribution in [1.82, 2.24) is 19.9 Å². The Hall–Kier alpha value is -4.52. The highest BCUT2D eigenvalue weighted by atomic mass is 16.5. The summed E-state index contributed by atoms with van der Waals surface area (Å²) in [6, 6.07) is 21.7. The third-order valence-electron chi connectivity index (χ3n) is 4.95. The van der Waals surface area contributed by atoms with Crippen LogP contribution in [0.5, 0.6) is 17.4 Å². The average molecular weight is 422 g/mol. The molecule has 0 aliphatic rings. The summed E-state index contributed by atoms with van der Waals surface area (Å²) in [4.78, 5) is 29.0. The molecule has 156 valence electrons. The van der Waals surface area contributed by atoms with Crippen molar-refractivity contribution >= 4 is 16.8 Å². The van der Waals surface area contributed by atoms with E-state index in [1.807, 2.05) is 42.5 Å². The molecule has 2 aromatic carbocycles. The van der Waals surface area contributed by atoms with Gasteiger partial charge in [-0.05, 0) is 60.7 Å². The number of ketones is 1. The molecule has 3 aromatic heterocycles. The van der Waals surface area contributed by atoms with Gasteiger partial charge in [-0.2, -0.15) is 0 Å². The van der Waals surface area contributed by atoms with Gasteiger partial charge in [0.1, 0.15) is 17.2 Å². The zero-order valence-electron chi connectivity index (χ0n) is 17.1. The second kappa shape index (κ2) is 8.31. The predicted molar refractivity (Wildman–Crippen MR) is 120 cm³/mol. The Kier molecular flexibility index (Phi) is 5.05. The molecule has 0 bridgehead atoms. The molecule has 5 aromatic rings. The topological polar surface area (TPSA) is 90.0 Å². The molecule has 3 heterocycles. The average Bonchev–Trinajstić information content (AvgIpc) is 3.29. The summed E-state index contributed by atoms with van der Waals surface area (Å²) in [7, 11) is 1.59. The van der Waals surface area contributed by atoms with Crippen molar-refractivity contribution in [3.8, 4) is 28.6 Å². The Morgan fingerprint density at radius 2 is 1.66 bits per heavy atom. The van der Waals surface area contributed by atoms with Crippen LogP contribution in [0.15, 0.2) is 85.2 Å². The van der Waals surface area contributed by atoms with Gasteiger partial charge in [0.2, 0.25) is 11.7 Å². The monoisotopic (exact) mass is 422 g/mol. The van der Waals surface area contributed by atoms with E-state index >= 15 is 0 Å². The number of carbonyl (C=O) groups excluding carboxylic acids is 1. The number of benzene rings is 2. The van der Waals surface area contributed by atoms with Gasteiger partial charge in [-0.1, -0.05) is 12.1 Å². The molecule has 0 unspecified atom stereocenters. The Balaban J connectivity index is 1.40. The second-order valence-corrected chi connectivity index (χ2v) is 6.97. The number of H-pyrrole nitrogens is 1. The first-order chi connectivity index (χ1) is 15.7. The first-order valence-electron chi connectivity index (χ1n) is 9.94. The van der Waals surface area contributed by atoms with Crippen molar-refractivity contribution < 1.29 is 14.3 Å². The van der Waals surface area contributed by atoms with Crippen molar-refractivity contribution in [2.24, 2.45) is 0 Å². The van der Waals surface area contributed by atoms with Crippen LogP contribution in [0.3, 0.4) is 0 Å². The summed E-state index contributed by atoms with van der Waals surface area (Å²) in [5.41, 5.74) is 3.41. The summed E-state index contributed by atoms with van der Waals surface area (Å²) in [5, 5.41) is 0. The molecule has 7 heteroatoms. The van der Waals surface area contributed by atoms with E-state index < -0.39 is 0 Å². The lowest BCUT2D eigenvalue weighted by molar-refractivity contribution is 0.103. The van der Waals surface area contributed by atoms with Crippen LogP contribution < -0.4 is 9.47 Å². The van der Waals surface area contributed by atoms with Gasteiger partial charge >= 0.3 is 0 Å². The number of ether oxygens (including phenoxy) is 2. The van der Waals surface area contributed by atoms with Crippen LogP contribution in [0, 0.1) is 0 Å². The molecular formula is C25H18N4O3. The van der Waals surface area contributed by atoms with Crippen LogP contribution in [-0.4, -0.2) is 32.8 Å². The summed E-state index contributed by atoms with van der Waals surface area (Å²) in [6.45, 7) is 0. The van der Waals surface area contributed by atoms with Crippen molar-refractivity contribution in [1.29, 1.82) is 0 Å². The SMILES string of the molecule is COc1cccnc1-c1cccnc1Oc1ccc(C(=O)c2nc3ccccc3[nH]2)cc1. The van der Waals surface area contributed by atoms with Gasteiger partial charge < -0.3 is 14.5 Å². The Morgan fingerprint density at radius 3 is 2.47 bits per heavy atom. The quantitative estimate of drug-likeness (QED) is 0.385. The van der Waals surface area contributed by atoms with Gasteiger partial charge in [-0.25, -0.2) is 9.97 Å². The van der Waals surface area contributed by atoms with Crippen molar-refractivity contribution in [3.05, 3.63) is 96.6 Å². The molecule has 0 atom stereocenters. The number of rotatable bonds is 6. The number of aromatic amines is 1. The fourth-order valence-electron chi connectivity index (χ4n) is 3.39. The van der Waals surface area contributed by atoms with Crippen LogP contribution in [0.25, 0.3) is 22.3 Å². The molecule has 5 rings (SSSR count). The first-order valence-corrected chi connectivity index (χ1v) is 9.94. The summed E-state index contributed by atoms with van der Waals surface area (Å²) in [5.74, 6) is 1.66.